The monoisotopic (exact) mass is 514 g/mol. The number of carbonyl (C=O) groups excluding carboxylic acids is 1. The van der Waals surface area contributed by atoms with Gasteiger partial charge in [0.2, 0.25) is 5.95 Å². The van der Waals surface area contributed by atoms with Crippen LogP contribution in [0.15, 0.2) is 47.4 Å². The molecule has 0 unspecified atom stereocenters. The molecule has 37 heavy (non-hydrogen) atoms. The summed E-state index contributed by atoms with van der Waals surface area (Å²) in [5.74, 6) is -0.446. The molecule has 0 aliphatic rings. The number of amides is 2. The first-order chi connectivity index (χ1) is 17.4. The van der Waals surface area contributed by atoms with Crippen LogP contribution in [0.4, 0.5) is 39.7 Å². The van der Waals surface area contributed by atoms with Crippen molar-refractivity contribution >= 4 is 34.4 Å². The summed E-state index contributed by atoms with van der Waals surface area (Å²) in [5, 5.41) is 8.01. The van der Waals surface area contributed by atoms with Crippen LogP contribution in [0.2, 0.25) is 0 Å². The predicted octanol–water partition coefficient (Wildman–Crippen LogP) is 5.46. The highest BCUT2D eigenvalue weighted by Crippen LogP contribution is 2.32. The number of fused-ring (bicyclic) bond motifs is 1. The molecule has 0 aliphatic carbocycles. The molecule has 4 aromatic rings. The Kier molecular flexibility index (Phi) is 6.59. The largest absolute Gasteiger partial charge is 0.416 e. The number of hydrogen-bond donors (Lipinski definition) is 3. The van der Waals surface area contributed by atoms with E-state index in [0.29, 0.717) is 33.7 Å². The van der Waals surface area contributed by atoms with E-state index in [2.05, 4.69) is 25.9 Å². The lowest BCUT2D eigenvalue weighted by atomic mass is 9.99. The Hall–Kier alpha value is -4.48. The molecular weight excluding hydrogens is 492 g/mol. The predicted molar refractivity (Wildman–Crippen MR) is 133 cm³/mol. The first kappa shape index (κ1) is 25.6. The van der Waals surface area contributed by atoms with Crippen LogP contribution in [0, 0.1) is 19.7 Å². The van der Waals surface area contributed by atoms with Crippen molar-refractivity contribution in [3.63, 3.8) is 0 Å². The number of urea groups is 1. The van der Waals surface area contributed by atoms with E-state index in [9.17, 15) is 27.2 Å². The van der Waals surface area contributed by atoms with Gasteiger partial charge in [-0.25, -0.2) is 14.2 Å². The molecular formula is C25H22F4N6O2. The number of aryl methyl sites for hydroxylation is 3. The van der Waals surface area contributed by atoms with Gasteiger partial charge in [-0.15, -0.1) is 0 Å². The van der Waals surface area contributed by atoms with Crippen LogP contribution in [0.25, 0.3) is 22.2 Å². The third-order valence-corrected chi connectivity index (χ3v) is 5.84. The number of rotatable bonds is 4. The third-order valence-electron chi connectivity index (χ3n) is 5.84. The molecule has 0 atom stereocenters. The lowest BCUT2D eigenvalue weighted by Gasteiger charge is -2.15. The van der Waals surface area contributed by atoms with Crippen LogP contribution in [-0.2, 0) is 13.2 Å². The summed E-state index contributed by atoms with van der Waals surface area (Å²) in [5.41, 5.74) is 0.113. The first-order valence-electron chi connectivity index (χ1n) is 11.0. The molecule has 0 aliphatic heterocycles. The van der Waals surface area contributed by atoms with Crippen LogP contribution in [0.1, 0.15) is 16.7 Å². The van der Waals surface area contributed by atoms with Crippen LogP contribution in [0.5, 0.6) is 0 Å². The van der Waals surface area contributed by atoms with Gasteiger partial charge in [-0.05, 0) is 60.9 Å². The standard InChI is InChI=1S/C25H22F4N6O2/c1-12-5-6-15(25(27,28)29)9-19(12)32-24(37)33-20-10-16(13(2)7-18(20)26)17-8-14-11-31-23(30-3)34-21(14)35(4)22(17)36/h5-11H,1-4H3,(H,30,31,34)(H2,32,33,37). The smallest absolute Gasteiger partial charge is 0.357 e. The van der Waals surface area contributed by atoms with Gasteiger partial charge in [0.15, 0.2) is 0 Å². The van der Waals surface area contributed by atoms with E-state index in [0.717, 1.165) is 18.2 Å². The van der Waals surface area contributed by atoms with Gasteiger partial charge in [0, 0.05) is 36.9 Å². The number of pyridine rings is 1. The number of halogens is 4. The molecule has 0 saturated heterocycles. The Morgan fingerprint density at radius 1 is 0.973 bits per heavy atom. The van der Waals surface area contributed by atoms with Crippen LogP contribution >= 0.6 is 0 Å². The van der Waals surface area contributed by atoms with Crippen LogP contribution in [-0.4, -0.2) is 27.6 Å². The number of benzene rings is 2. The lowest BCUT2D eigenvalue weighted by molar-refractivity contribution is -0.137. The SMILES string of the molecule is CNc1ncc2cc(-c3cc(NC(=O)Nc4cc(C(F)(F)F)ccc4C)c(F)cc3C)c(=O)n(C)c2n1. The molecule has 2 aromatic carbocycles. The van der Waals surface area contributed by atoms with Crippen molar-refractivity contribution in [3.05, 3.63) is 75.5 Å². The van der Waals surface area contributed by atoms with E-state index < -0.39 is 29.1 Å². The minimum Gasteiger partial charge on any atom is -0.357 e. The average Bonchev–Trinajstić information content (AvgIpc) is 2.83. The van der Waals surface area contributed by atoms with Gasteiger partial charge in [0.05, 0.1) is 11.3 Å². The van der Waals surface area contributed by atoms with E-state index in [-0.39, 0.29) is 16.9 Å². The fourth-order valence-corrected chi connectivity index (χ4v) is 3.83. The third kappa shape index (κ3) is 5.08. The minimum atomic E-state index is -4.59. The molecule has 0 fully saturated rings. The van der Waals surface area contributed by atoms with Gasteiger partial charge in [-0.3, -0.25) is 9.36 Å². The summed E-state index contributed by atoms with van der Waals surface area (Å²) < 4.78 is 55.3. The van der Waals surface area contributed by atoms with Crippen LogP contribution in [0.3, 0.4) is 0 Å². The quantitative estimate of drug-likeness (QED) is 0.314. The normalized spacial score (nSPS) is 11.5. The minimum absolute atomic E-state index is 0.0793. The van der Waals surface area contributed by atoms with Crippen molar-refractivity contribution in [1.29, 1.82) is 0 Å². The number of nitrogens with zero attached hydrogens (tertiary/aromatic N) is 3. The Balaban J connectivity index is 1.70. The molecule has 2 amide bonds. The maximum atomic E-state index is 14.8. The van der Waals surface area contributed by atoms with E-state index in [4.69, 9.17) is 0 Å². The topological polar surface area (TPSA) is 101 Å². The molecule has 0 saturated carbocycles. The van der Waals surface area contributed by atoms with Crippen LogP contribution < -0.4 is 21.5 Å². The molecule has 2 heterocycles. The Labute approximate surface area is 208 Å². The van der Waals surface area contributed by atoms with Gasteiger partial charge in [0.25, 0.3) is 5.56 Å². The number of nitrogens with one attached hydrogen (secondary N) is 3. The van der Waals surface area contributed by atoms with E-state index in [1.54, 1.807) is 33.3 Å². The van der Waals surface area contributed by atoms with Crippen molar-refractivity contribution in [3.8, 4) is 11.1 Å². The van der Waals surface area contributed by atoms with Gasteiger partial charge in [-0.2, -0.15) is 18.2 Å². The highest BCUT2D eigenvalue weighted by Gasteiger charge is 2.31. The maximum Gasteiger partial charge on any atom is 0.416 e. The molecule has 192 valence electrons. The average molecular weight is 514 g/mol. The van der Waals surface area contributed by atoms with Crippen molar-refractivity contribution in [2.45, 2.75) is 20.0 Å². The fourth-order valence-electron chi connectivity index (χ4n) is 3.83. The lowest BCUT2D eigenvalue weighted by Crippen LogP contribution is -2.22. The van der Waals surface area contributed by atoms with Crippen molar-refractivity contribution in [1.82, 2.24) is 14.5 Å². The Morgan fingerprint density at radius 2 is 1.68 bits per heavy atom. The molecule has 12 heteroatoms. The summed E-state index contributed by atoms with van der Waals surface area (Å²) in [6, 6.07) is 6.01. The van der Waals surface area contributed by atoms with E-state index in [1.165, 1.54) is 23.6 Å². The van der Waals surface area contributed by atoms with Gasteiger partial charge < -0.3 is 16.0 Å². The second-order valence-corrected chi connectivity index (χ2v) is 8.40. The second-order valence-electron chi connectivity index (χ2n) is 8.40. The molecule has 0 radical (unpaired) electrons. The summed E-state index contributed by atoms with van der Waals surface area (Å²) >= 11 is 0. The molecule has 0 spiro atoms. The van der Waals surface area contributed by atoms with E-state index >= 15 is 0 Å². The number of aromatic nitrogens is 3. The molecule has 2 aromatic heterocycles. The van der Waals surface area contributed by atoms with Crippen molar-refractivity contribution in [2.24, 2.45) is 7.05 Å². The summed E-state index contributed by atoms with van der Waals surface area (Å²) in [6.45, 7) is 3.14. The molecule has 4 rings (SSSR count). The molecule has 0 bridgehead atoms. The molecule has 8 nitrogen and oxygen atoms in total. The summed E-state index contributed by atoms with van der Waals surface area (Å²) in [6.07, 6.45) is -3.05. The number of anilines is 3. The second kappa shape index (κ2) is 9.52. The van der Waals surface area contributed by atoms with Gasteiger partial charge in [-0.1, -0.05) is 6.07 Å². The Bertz CT molecular complexity index is 1600. The summed E-state index contributed by atoms with van der Waals surface area (Å²) in [4.78, 5) is 34.2. The van der Waals surface area contributed by atoms with Gasteiger partial charge in [0.1, 0.15) is 11.5 Å². The zero-order valence-electron chi connectivity index (χ0n) is 20.2. The number of carbonyl (C=O) groups is 1. The zero-order chi connectivity index (χ0) is 27.1. The number of alkyl halides is 3. The van der Waals surface area contributed by atoms with Gasteiger partial charge >= 0.3 is 12.2 Å². The van der Waals surface area contributed by atoms with Crippen molar-refractivity contribution in [2.75, 3.05) is 23.0 Å². The zero-order valence-corrected chi connectivity index (χ0v) is 20.2. The number of hydrogen-bond acceptors (Lipinski definition) is 5. The fraction of sp³-hybridized carbons (Fsp3) is 0.200. The molecule has 3 N–H and O–H groups in total. The summed E-state index contributed by atoms with van der Waals surface area (Å²) in [7, 11) is 3.19. The maximum absolute atomic E-state index is 14.8. The first-order valence-corrected chi connectivity index (χ1v) is 11.0. The highest BCUT2D eigenvalue weighted by molar-refractivity contribution is 6.01. The highest BCUT2D eigenvalue weighted by atomic mass is 19.4. The van der Waals surface area contributed by atoms with E-state index in [1.807, 2.05) is 0 Å². The van der Waals surface area contributed by atoms with Crippen molar-refractivity contribution < 1.29 is 22.4 Å². The Morgan fingerprint density at radius 3 is 2.35 bits per heavy atom.